The first-order valence-corrected chi connectivity index (χ1v) is 8.93. The fraction of sp³-hybridized carbons (Fsp3) is 0.727. The number of urea groups is 1. The number of aromatic nitrogens is 2. The lowest BCUT2D eigenvalue weighted by Crippen LogP contribution is -2.37. The van der Waals surface area contributed by atoms with Gasteiger partial charge in [0, 0.05) is 27.2 Å². The zero-order valence-corrected chi connectivity index (χ0v) is 14.3. The summed E-state index contributed by atoms with van der Waals surface area (Å²) >= 11 is 0.891. The Hall–Kier alpha value is -1.26. The van der Waals surface area contributed by atoms with Crippen LogP contribution >= 0.6 is 11.3 Å². The van der Waals surface area contributed by atoms with Crippen LogP contribution in [0.5, 0.6) is 0 Å². The summed E-state index contributed by atoms with van der Waals surface area (Å²) in [6.07, 6.45) is 1.68. The van der Waals surface area contributed by atoms with Crippen LogP contribution in [0.1, 0.15) is 26.7 Å². The molecule has 0 unspecified atom stereocenters. The van der Waals surface area contributed by atoms with Crippen molar-refractivity contribution in [3.8, 4) is 0 Å². The van der Waals surface area contributed by atoms with Crippen LogP contribution in [0.4, 0.5) is 9.93 Å². The maximum atomic E-state index is 12.3. The van der Waals surface area contributed by atoms with Gasteiger partial charge in [0.1, 0.15) is 0 Å². The second-order valence-corrected chi connectivity index (χ2v) is 7.50. The van der Waals surface area contributed by atoms with E-state index in [9.17, 15) is 13.2 Å². The quantitative estimate of drug-likeness (QED) is 0.754. The van der Waals surface area contributed by atoms with E-state index >= 15 is 0 Å². The fourth-order valence-electron chi connectivity index (χ4n) is 1.55. The first kappa shape index (κ1) is 17.8. The van der Waals surface area contributed by atoms with Gasteiger partial charge in [-0.05, 0) is 13.3 Å². The molecule has 1 rings (SSSR count). The van der Waals surface area contributed by atoms with E-state index in [1.807, 2.05) is 6.92 Å². The highest BCUT2D eigenvalue weighted by Gasteiger charge is 2.27. The third-order valence-electron chi connectivity index (χ3n) is 2.86. The molecule has 0 aliphatic carbocycles. The lowest BCUT2D eigenvalue weighted by molar-refractivity contribution is 0.248. The minimum Gasteiger partial charge on any atom is -0.341 e. The number of hydrogen-bond donors (Lipinski definition) is 1. The summed E-state index contributed by atoms with van der Waals surface area (Å²) in [7, 11) is -0.626. The highest BCUT2D eigenvalue weighted by Crippen LogP contribution is 2.25. The van der Waals surface area contributed by atoms with Crippen molar-refractivity contribution in [3.05, 3.63) is 0 Å². The Morgan fingerprint density at radius 2 is 2.00 bits per heavy atom. The summed E-state index contributed by atoms with van der Waals surface area (Å²) in [4.78, 5) is 13.0. The summed E-state index contributed by atoms with van der Waals surface area (Å²) in [5, 5.41) is 10.3. The number of nitrogens with zero attached hydrogens (tertiary/aromatic N) is 4. The van der Waals surface area contributed by atoms with Gasteiger partial charge in [-0.1, -0.05) is 24.7 Å². The van der Waals surface area contributed by atoms with Crippen LogP contribution in [0.25, 0.3) is 0 Å². The molecule has 1 heterocycles. The molecule has 1 N–H and O–H groups in total. The van der Waals surface area contributed by atoms with E-state index in [1.165, 1.54) is 23.3 Å². The molecule has 0 aromatic carbocycles. The monoisotopic (exact) mass is 335 g/mol. The average molecular weight is 335 g/mol. The maximum absolute atomic E-state index is 12.3. The zero-order valence-electron chi connectivity index (χ0n) is 12.7. The Balaban J connectivity index is 2.99. The highest BCUT2D eigenvalue weighted by molar-refractivity contribution is 7.91. The number of carbonyl (C=O) groups excluding carboxylic acids is 1. The van der Waals surface area contributed by atoms with Crippen LogP contribution < -0.4 is 10.2 Å². The molecule has 2 amide bonds. The number of rotatable bonds is 7. The maximum Gasteiger partial charge on any atom is 0.323 e. The predicted octanol–water partition coefficient (Wildman–Crippen LogP) is 1.12. The van der Waals surface area contributed by atoms with Crippen molar-refractivity contribution in [2.24, 2.45) is 0 Å². The molecule has 0 aliphatic rings. The Morgan fingerprint density at radius 1 is 1.33 bits per heavy atom. The number of anilines is 1. The standard InChI is InChI=1S/C11H21N5O3S2/c1-5-7-8-15(4)21(18,19)11-14-13-10(20-11)16(6-2)9(17)12-3/h5-8H2,1-4H3,(H,12,17). The molecule has 8 nitrogen and oxygen atoms in total. The third-order valence-corrected chi connectivity index (χ3v) is 6.01. The molecule has 0 radical (unpaired) electrons. The van der Waals surface area contributed by atoms with Crippen LogP contribution in [0, 0.1) is 0 Å². The van der Waals surface area contributed by atoms with Crippen LogP contribution in [0.3, 0.4) is 0 Å². The predicted molar refractivity (Wildman–Crippen MR) is 82.1 cm³/mol. The topological polar surface area (TPSA) is 95.5 Å². The number of hydrogen-bond acceptors (Lipinski definition) is 6. The van der Waals surface area contributed by atoms with E-state index in [0.29, 0.717) is 13.1 Å². The Bertz CT molecular complexity index is 572. The van der Waals surface area contributed by atoms with E-state index in [0.717, 1.165) is 24.2 Å². The van der Waals surface area contributed by atoms with Gasteiger partial charge in [-0.3, -0.25) is 4.90 Å². The SMILES string of the molecule is CCCCN(C)S(=O)(=O)c1nnc(N(CC)C(=O)NC)s1. The van der Waals surface area contributed by atoms with Crippen molar-refractivity contribution in [1.29, 1.82) is 0 Å². The minimum absolute atomic E-state index is 0.0987. The first-order valence-electron chi connectivity index (χ1n) is 6.67. The van der Waals surface area contributed by atoms with Crippen LogP contribution in [-0.2, 0) is 10.0 Å². The van der Waals surface area contributed by atoms with Crippen molar-refractivity contribution in [2.45, 2.75) is 31.0 Å². The molecule has 0 aliphatic heterocycles. The van der Waals surface area contributed by atoms with Crippen molar-refractivity contribution in [1.82, 2.24) is 19.8 Å². The number of carbonyl (C=O) groups is 1. The minimum atomic E-state index is -3.64. The molecule has 0 bridgehead atoms. The number of sulfonamides is 1. The molecular formula is C11H21N5O3S2. The molecule has 10 heteroatoms. The molecule has 0 atom stereocenters. The third kappa shape index (κ3) is 4.11. The highest BCUT2D eigenvalue weighted by atomic mass is 32.2. The first-order chi connectivity index (χ1) is 9.88. The zero-order chi connectivity index (χ0) is 16.0. The molecule has 120 valence electrons. The van der Waals surface area contributed by atoms with Gasteiger partial charge < -0.3 is 5.32 Å². The van der Waals surface area contributed by atoms with Crippen LogP contribution in [0.2, 0.25) is 0 Å². The van der Waals surface area contributed by atoms with E-state index in [4.69, 9.17) is 0 Å². The van der Waals surface area contributed by atoms with Gasteiger partial charge in [-0.2, -0.15) is 4.31 Å². The summed E-state index contributed by atoms with van der Waals surface area (Å²) < 4.78 is 25.8. The molecule has 1 aromatic heterocycles. The lowest BCUT2D eigenvalue weighted by Gasteiger charge is -2.16. The normalized spacial score (nSPS) is 11.7. The van der Waals surface area contributed by atoms with E-state index < -0.39 is 10.0 Å². The molecule has 0 spiro atoms. The Morgan fingerprint density at radius 3 is 2.52 bits per heavy atom. The van der Waals surface area contributed by atoms with E-state index in [-0.39, 0.29) is 15.5 Å². The van der Waals surface area contributed by atoms with Gasteiger partial charge in [-0.15, -0.1) is 10.2 Å². The Labute approximate surface area is 129 Å². The number of unbranched alkanes of at least 4 members (excludes halogenated alkanes) is 1. The van der Waals surface area contributed by atoms with Crippen LogP contribution in [0.15, 0.2) is 4.34 Å². The van der Waals surface area contributed by atoms with Crippen molar-refractivity contribution in [3.63, 3.8) is 0 Å². The van der Waals surface area contributed by atoms with Crippen molar-refractivity contribution < 1.29 is 13.2 Å². The second kappa shape index (κ2) is 7.66. The Kier molecular flexibility index (Phi) is 6.49. The van der Waals surface area contributed by atoms with Gasteiger partial charge >= 0.3 is 6.03 Å². The largest absolute Gasteiger partial charge is 0.341 e. The summed E-state index contributed by atoms with van der Waals surface area (Å²) in [6, 6.07) is -0.350. The van der Waals surface area contributed by atoms with Gasteiger partial charge in [0.25, 0.3) is 10.0 Å². The summed E-state index contributed by atoms with van der Waals surface area (Å²) in [5.41, 5.74) is 0. The van der Waals surface area contributed by atoms with Crippen molar-refractivity contribution >= 4 is 32.5 Å². The van der Waals surface area contributed by atoms with Gasteiger partial charge in [0.15, 0.2) is 0 Å². The summed E-state index contributed by atoms with van der Waals surface area (Å²) in [5.74, 6) is 0. The smallest absolute Gasteiger partial charge is 0.323 e. The van der Waals surface area contributed by atoms with Gasteiger partial charge in [0.05, 0.1) is 0 Å². The number of nitrogens with one attached hydrogen (secondary N) is 1. The van der Waals surface area contributed by atoms with Gasteiger partial charge in [-0.25, -0.2) is 13.2 Å². The summed E-state index contributed by atoms with van der Waals surface area (Å²) in [6.45, 7) is 4.57. The second-order valence-electron chi connectivity index (χ2n) is 4.33. The molecule has 0 fully saturated rings. The molecule has 0 saturated heterocycles. The lowest BCUT2D eigenvalue weighted by atomic mass is 10.3. The van der Waals surface area contributed by atoms with Crippen molar-refractivity contribution in [2.75, 3.05) is 32.1 Å². The fourth-order valence-corrected chi connectivity index (χ4v) is 4.00. The molecule has 1 aromatic rings. The molecule has 21 heavy (non-hydrogen) atoms. The molecule has 0 saturated carbocycles. The van der Waals surface area contributed by atoms with Gasteiger partial charge in [0.2, 0.25) is 9.47 Å². The van der Waals surface area contributed by atoms with Crippen LogP contribution in [-0.4, -0.2) is 56.1 Å². The van der Waals surface area contributed by atoms with E-state index in [2.05, 4.69) is 15.5 Å². The average Bonchev–Trinajstić information content (AvgIpc) is 2.95. The number of amides is 2. The van der Waals surface area contributed by atoms with E-state index in [1.54, 1.807) is 6.92 Å². The molecular weight excluding hydrogens is 314 g/mol.